The van der Waals surface area contributed by atoms with Gasteiger partial charge in [0.05, 0.1) is 5.56 Å². The van der Waals surface area contributed by atoms with Crippen molar-refractivity contribution in [1.82, 2.24) is 0 Å². The maximum atomic E-state index is 12.2. The molecule has 0 heterocycles. The number of hydrogen-bond acceptors (Lipinski definition) is 2. The highest BCUT2D eigenvalue weighted by Crippen LogP contribution is 2.32. The molecule has 0 radical (unpaired) electrons. The van der Waals surface area contributed by atoms with Gasteiger partial charge in [-0.25, -0.2) is 4.79 Å². The lowest BCUT2D eigenvalue weighted by molar-refractivity contribution is 0.0360. The Morgan fingerprint density at radius 3 is 2.30 bits per heavy atom. The van der Waals surface area contributed by atoms with Crippen LogP contribution < -0.4 is 0 Å². The SMILES string of the molecule is O=C(OCC1(Cc2ccccc2)C=CC=CC1)c1ccccc1. The molecule has 0 N–H and O–H groups in total. The van der Waals surface area contributed by atoms with E-state index in [1.807, 2.05) is 48.6 Å². The fraction of sp³-hybridized carbons (Fsp3) is 0.190. The van der Waals surface area contributed by atoms with Crippen LogP contribution in [0.3, 0.4) is 0 Å². The van der Waals surface area contributed by atoms with E-state index in [-0.39, 0.29) is 11.4 Å². The van der Waals surface area contributed by atoms with Gasteiger partial charge in [0.25, 0.3) is 0 Å². The van der Waals surface area contributed by atoms with Crippen molar-refractivity contribution in [1.29, 1.82) is 0 Å². The van der Waals surface area contributed by atoms with E-state index < -0.39 is 0 Å². The first kappa shape index (κ1) is 15.3. The number of rotatable bonds is 5. The maximum Gasteiger partial charge on any atom is 0.338 e. The molecule has 0 aromatic heterocycles. The molecule has 1 aliphatic carbocycles. The summed E-state index contributed by atoms with van der Waals surface area (Å²) in [6, 6.07) is 19.5. The Kier molecular flexibility index (Phi) is 4.72. The van der Waals surface area contributed by atoms with E-state index in [1.54, 1.807) is 12.1 Å². The lowest BCUT2D eigenvalue weighted by Gasteiger charge is -2.31. The van der Waals surface area contributed by atoms with Gasteiger partial charge in [0.2, 0.25) is 0 Å². The highest BCUT2D eigenvalue weighted by Gasteiger charge is 2.29. The van der Waals surface area contributed by atoms with Crippen molar-refractivity contribution in [2.45, 2.75) is 12.8 Å². The Morgan fingerprint density at radius 1 is 0.957 bits per heavy atom. The topological polar surface area (TPSA) is 26.3 Å². The number of ether oxygens (including phenoxy) is 1. The van der Waals surface area contributed by atoms with Crippen LogP contribution in [0.4, 0.5) is 0 Å². The number of allylic oxidation sites excluding steroid dienone is 3. The van der Waals surface area contributed by atoms with Crippen molar-refractivity contribution in [2.24, 2.45) is 5.41 Å². The van der Waals surface area contributed by atoms with Crippen LogP contribution in [0.2, 0.25) is 0 Å². The van der Waals surface area contributed by atoms with Crippen LogP contribution in [-0.2, 0) is 11.2 Å². The lowest BCUT2D eigenvalue weighted by Crippen LogP contribution is -2.29. The van der Waals surface area contributed by atoms with E-state index in [9.17, 15) is 4.79 Å². The van der Waals surface area contributed by atoms with Gasteiger partial charge in [-0.2, -0.15) is 0 Å². The highest BCUT2D eigenvalue weighted by atomic mass is 16.5. The van der Waals surface area contributed by atoms with Gasteiger partial charge in [-0.05, 0) is 30.5 Å². The van der Waals surface area contributed by atoms with E-state index in [4.69, 9.17) is 4.74 Å². The fourth-order valence-electron chi connectivity index (χ4n) is 2.87. The van der Waals surface area contributed by atoms with Gasteiger partial charge >= 0.3 is 5.97 Å². The quantitative estimate of drug-likeness (QED) is 0.755. The molecule has 0 saturated heterocycles. The van der Waals surface area contributed by atoms with E-state index in [1.165, 1.54) is 5.56 Å². The van der Waals surface area contributed by atoms with E-state index >= 15 is 0 Å². The molecule has 2 nitrogen and oxygen atoms in total. The standard InChI is InChI=1S/C21H20O2/c22-20(19-12-6-2-7-13-19)23-17-21(14-8-3-9-15-21)16-18-10-4-1-5-11-18/h1-14H,15-17H2. The van der Waals surface area contributed by atoms with Crippen molar-refractivity contribution >= 4 is 5.97 Å². The van der Waals surface area contributed by atoms with Crippen LogP contribution in [0.1, 0.15) is 22.3 Å². The molecule has 0 amide bonds. The Labute approximate surface area is 137 Å². The normalized spacial score (nSPS) is 19.5. The Balaban J connectivity index is 1.71. The van der Waals surface area contributed by atoms with Crippen molar-refractivity contribution in [3.8, 4) is 0 Å². The van der Waals surface area contributed by atoms with Crippen LogP contribution in [-0.4, -0.2) is 12.6 Å². The number of esters is 1. The molecule has 116 valence electrons. The summed E-state index contributed by atoms with van der Waals surface area (Å²) in [4.78, 5) is 12.2. The van der Waals surface area contributed by atoms with Crippen molar-refractivity contribution in [3.05, 3.63) is 96.1 Å². The molecule has 1 unspecified atom stereocenters. The van der Waals surface area contributed by atoms with Crippen LogP contribution in [0.5, 0.6) is 0 Å². The van der Waals surface area contributed by atoms with Crippen LogP contribution in [0.25, 0.3) is 0 Å². The average molecular weight is 304 g/mol. The summed E-state index contributed by atoms with van der Waals surface area (Å²) < 4.78 is 5.62. The summed E-state index contributed by atoms with van der Waals surface area (Å²) in [5.74, 6) is -0.263. The summed E-state index contributed by atoms with van der Waals surface area (Å²) in [6.45, 7) is 0.385. The third kappa shape index (κ3) is 3.98. The Hall–Kier alpha value is -2.61. The highest BCUT2D eigenvalue weighted by molar-refractivity contribution is 5.89. The van der Waals surface area contributed by atoms with E-state index in [0.717, 1.165) is 12.8 Å². The average Bonchev–Trinajstić information content (AvgIpc) is 2.62. The van der Waals surface area contributed by atoms with Crippen LogP contribution in [0.15, 0.2) is 85.0 Å². The number of benzene rings is 2. The largest absolute Gasteiger partial charge is 0.461 e. The molecule has 2 aromatic rings. The van der Waals surface area contributed by atoms with Crippen molar-refractivity contribution < 1.29 is 9.53 Å². The molecule has 1 aliphatic rings. The minimum Gasteiger partial charge on any atom is -0.461 e. The third-order valence-corrected chi connectivity index (χ3v) is 4.12. The van der Waals surface area contributed by atoms with Gasteiger partial charge in [0.1, 0.15) is 6.61 Å². The number of carbonyl (C=O) groups is 1. The van der Waals surface area contributed by atoms with E-state index in [0.29, 0.717) is 12.2 Å². The minimum atomic E-state index is -0.263. The summed E-state index contributed by atoms with van der Waals surface area (Å²) >= 11 is 0. The van der Waals surface area contributed by atoms with Gasteiger partial charge in [-0.1, -0.05) is 72.8 Å². The monoisotopic (exact) mass is 304 g/mol. The molecule has 2 heteroatoms. The zero-order valence-electron chi connectivity index (χ0n) is 13.0. The second-order valence-corrected chi connectivity index (χ2v) is 5.96. The smallest absolute Gasteiger partial charge is 0.338 e. The molecule has 0 saturated carbocycles. The molecule has 0 aliphatic heterocycles. The van der Waals surface area contributed by atoms with Crippen LogP contribution >= 0.6 is 0 Å². The number of carbonyl (C=O) groups excluding carboxylic acids is 1. The first-order valence-corrected chi connectivity index (χ1v) is 7.88. The predicted octanol–water partition coefficient (Wildman–Crippen LogP) is 4.59. The second kappa shape index (κ2) is 7.10. The number of hydrogen-bond donors (Lipinski definition) is 0. The predicted molar refractivity (Wildman–Crippen MR) is 92.2 cm³/mol. The first-order chi connectivity index (χ1) is 11.3. The molecule has 0 fully saturated rings. The maximum absolute atomic E-state index is 12.2. The van der Waals surface area contributed by atoms with Crippen molar-refractivity contribution in [3.63, 3.8) is 0 Å². The molecule has 0 bridgehead atoms. The molecule has 2 aromatic carbocycles. The van der Waals surface area contributed by atoms with Gasteiger partial charge in [0.15, 0.2) is 0 Å². The lowest BCUT2D eigenvalue weighted by atomic mass is 9.77. The summed E-state index contributed by atoms with van der Waals surface area (Å²) in [6.07, 6.45) is 10.1. The van der Waals surface area contributed by atoms with Gasteiger partial charge in [-0.3, -0.25) is 0 Å². The third-order valence-electron chi connectivity index (χ3n) is 4.12. The molecule has 1 atom stereocenters. The molecular weight excluding hydrogens is 284 g/mol. The first-order valence-electron chi connectivity index (χ1n) is 7.88. The Morgan fingerprint density at radius 2 is 1.65 bits per heavy atom. The van der Waals surface area contributed by atoms with Gasteiger partial charge < -0.3 is 4.74 Å². The summed E-state index contributed by atoms with van der Waals surface area (Å²) in [7, 11) is 0. The Bertz CT molecular complexity index is 701. The zero-order chi connectivity index (χ0) is 16.0. The van der Waals surface area contributed by atoms with Crippen molar-refractivity contribution in [2.75, 3.05) is 6.61 Å². The van der Waals surface area contributed by atoms with Gasteiger partial charge in [-0.15, -0.1) is 0 Å². The summed E-state index contributed by atoms with van der Waals surface area (Å²) in [5.41, 5.74) is 1.68. The molecule has 23 heavy (non-hydrogen) atoms. The molecule has 3 rings (SSSR count). The van der Waals surface area contributed by atoms with E-state index in [2.05, 4.69) is 24.3 Å². The second-order valence-electron chi connectivity index (χ2n) is 5.96. The molecular formula is C21H20O2. The molecule has 0 spiro atoms. The van der Waals surface area contributed by atoms with Gasteiger partial charge in [0, 0.05) is 5.41 Å². The summed E-state index contributed by atoms with van der Waals surface area (Å²) in [5, 5.41) is 0. The zero-order valence-corrected chi connectivity index (χ0v) is 13.0. The van der Waals surface area contributed by atoms with Crippen LogP contribution in [0, 0.1) is 5.41 Å². The minimum absolute atomic E-state index is 0.166. The fourth-order valence-corrected chi connectivity index (χ4v) is 2.87.